The van der Waals surface area contributed by atoms with Crippen LogP contribution in [0.5, 0.6) is 0 Å². The first kappa shape index (κ1) is 11.0. The molecule has 16 heavy (non-hydrogen) atoms. The van der Waals surface area contributed by atoms with Crippen LogP contribution in [-0.2, 0) is 0 Å². The summed E-state index contributed by atoms with van der Waals surface area (Å²) in [6, 6.07) is 0.725. The van der Waals surface area contributed by atoms with Gasteiger partial charge in [0.25, 0.3) is 0 Å². The third-order valence-corrected chi connectivity index (χ3v) is 5.24. The van der Waals surface area contributed by atoms with Crippen molar-refractivity contribution < 1.29 is 5.11 Å². The third-order valence-electron chi connectivity index (χ3n) is 5.24. The quantitative estimate of drug-likeness (QED) is 0.730. The molecule has 3 N–H and O–H groups in total. The van der Waals surface area contributed by atoms with E-state index in [4.69, 9.17) is 5.73 Å². The number of nitrogens with two attached hydrogens (primary N) is 1. The summed E-state index contributed by atoms with van der Waals surface area (Å²) < 4.78 is 0. The smallest absolute Gasteiger partial charge is 0.0583 e. The first-order valence-corrected chi connectivity index (χ1v) is 6.91. The van der Waals surface area contributed by atoms with E-state index in [1.165, 1.54) is 32.2 Å². The molecule has 0 aromatic rings. The van der Waals surface area contributed by atoms with Gasteiger partial charge in [0, 0.05) is 25.0 Å². The normalized spacial score (nSPS) is 48.8. The van der Waals surface area contributed by atoms with E-state index in [9.17, 15) is 5.11 Å². The maximum atomic E-state index is 9.93. The number of hydrogen-bond acceptors (Lipinski definition) is 3. The van der Waals surface area contributed by atoms with Gasteiger partial charge in [0.2, 0.25) is 0 Å². The molecule has 0 radical (unpaired) electrons. The third kappa shape index (κ3) is 1.69. The average Bonchev–Trinajstić information content (AvgIpc) is 2.95. The average molecular weight is 224 g/mol. The fourth-order valence-corrected chi connectivity index (χ4v) is 4.31. The van der Waals surface area contributed by atoms with E-state index in [0.717, 1.165) is 37.4 Å². The Morgan fingerprint density at radius 2 is 2.00 bits per heavy atom. The Kier molecular flexibility index (Phi) is 2.94. The Bertz CT molecular complexity index is 258. The second kappa shape index (κ2) is 4.28. The minimum Gasteiger partial charge on any atom is -0.393 e. The largest absolute Gasteiger partial charge is 0.393 e. The molecule has 0 aromatic carbocycles. The number of likely N-dealkylation sites (tertiary alicyclic amines) is 1. The minimum absolute atomic E-state index is 0.0206. The maximum absolute atomic E-state index is 9.93. The van der Waals surface area contributed by atoms with Crippen molar-refractivity contribution in [3.8, 4) is 0 Å². The lowest BCUT2D eigenvalue weighted by Crippen LogP contribution is -2.39. The van der Waals surface area contributed by atoms with Gasteiger partial charge in [0.15, 0.2) is 0 Å². The molecule has 5 atom stereocenters. The van der Waals surface area contributed by atoms with Crippen LogP contribution in [0, 0.1) is 17.8 Å². The van der Waals surface area contributed by atoms with E-state index >= 15 is 0 Å². The zero-order valence-electron chi connectivity index (χ0n) is 10.0. The van der Waals surface area contributed by atoms with Gasteiger partial charge < -0.3 is 10.8 Å². The van der Waals surface area contributed by atoms with Crippen LogP contribution in [0.1, 0.15) is 32.1 Å². The van der Waals surface area contributed by atoms with Crippen LogP contribution in [0.4, 0.5) is 0 Å². The lowest BCUT2D eigenvalue weighted by molar-refractivity contribution is 0.113. The lowest BCUT2D eigenvalue weighted by atomic mass is 9.99. The van der Waals surface area contributed by atoms with E-state index in [0.29, 0.717) is 5.92 Å². The summed E-state index contributed by atoms with van der Waals surface area (Å²) in [6.45, 7) is 3.20. The number of aliphatic hydroxyl groups excluding tert-OH is 1. The standard InChI is InChI=1S/C13H24N2O/c14-6-9-2-1-3-12(9)15-7-10-4-5-13(16)11(10)8-15/h9-13,16H,1-8,14H2. The molecule has 92 valence electrons. The fraction of sp³-hybridized carbons (Fsp3) is 1.00. The van der Waals surface area contributed by atoms with Gasteiger partial charge in [-0.1, -0.05) is 6.42 Å². The molecule has 3 rings (SSSR count). The zero-order chi connectivity index (χ0) is 11.1. The molecule has 2 saturated carbocycles. The van der Waals surface area contributed by atoms with Crippen LogP contribution < -0.4 is 5.73 Å². The molecule has 3 heteroatoms. The molecule has 1 aliphatic heterocycles. The fourth-order valence-electron chi connectivity index (χ4n) is 4.31. The summed E-state index contributed by atoms with van der Waals surface area (Å²) >= 11 is 0. The first-order valence-electron chi connectivity index (χ1n) is 6.91. The summed E-state index contributed by atoms with van der Waals surface area (Å²) in [7, 11) is 0. The highest BCUT2D eigenvalue weighted by Gasteiger charge is 2.45. The summed E-state index contributed by atoms with van der Waals surface area (Å²) in [6.07, 6.45) is 6.25. The summed E-state index contributed by atoms with van der Waals surface area (Å²) in [5, 5.41) is 9.93. The number of hydrogen-bond donors (Lipinski definition) is 2. The predicted octanol–water partition coefficient (Wildman–Crippen LogP) is 0.816. The molecule has 0 bridgehead atoms. The van der Waals surface area contributed by atoms with Crippen molar-refractivity contribution in [2.45, 2.75) is 44.2 Å². The lowest BCUT2D eigenvalue weighted by Gasteiger charge is -2.29. The van der Waals surface area contributed by atoms with Crippen molar-refractivity contribution >= 4 is 0 Å². The molecule has 0 amide bonds. The summed E-state index contributed by atoms with van der Waals surface area (Å²) in [5.74, 6) is 2.06. The van der Waals surface area contributed by atoms with Crippen LogP contribution >= 0.6 is 0 Å². The number of aliphatic hydroxyl groups is 1. The van der Waals surface area contributed by atoms with Crippen LogP contribution in [0.2, 0.25) is 0 Å². The van der Waals surface area contributed by atoms with Crippen LogP contribution in [0.3, 0.4) is 0 Å². The summed E-state index contributed by atoms with van der Waals surface area (Å²) in [4.78, 5) is 2.64. The highest BCUT2D eigenvalue weighted by atomic mass is 16.3. The number of fused-ring (bicyclic) bond motifs is 1. The van der Waals surface area contributed by atoms with Gasteiger partial charge in [-0.15, -0.1) is 0 Å². The van der Waals surface area contributed by atoms with Crippen LogP contribution in [0.25, 0.3) is 0 Å². The predicted molar refractivity (Wildman–Crippen MR) is 64.0 cm³/mol. The molecular weight excluding hydrogens is 200 g/mol. The van der Waals surface area contributed by atoms with Crippen molar-refractivity contribution in [1.82, 2.24) is 4.90 Å². The SMILES string of the molecule is NCC1CCCC1N1CC2CCC(O)C2C1. The minimum atomic E-state index is -0.0206. The molecule has 3 nitrogen and oxygen atoms in total. The molecule has 2 aliphatic carbocycles. The van der Waals surface area contributed by atoms with E-state index in [-0.39, 0.29) is 6.10 Å². The second-order valence-corrected chi connectivity index (χ2v) is 6.02. The van der Waals surface area contributed by atoms with Crippen molar-refractivity contribution in [2.75, 3.05) is 19.6 Å². The Labute approximate surface area is 98.0 Å². The van der Waals surface area contributed by atoms with Gasteiger partial charge >= 0.3 is 0 Å². The second-order valence-electron chi connectivity index (χ2n) is 6.02. The molecular formula is C13H24N2O. The van der Waals surface area contributed by atoms with Gasteiger partial charge in [-0.2, -0.15) is 0 Å². The first-order chi connectivity index (χ1) is 7.79. The van der Waals surface area contributed by atoms with E-state index in [1.807, 2.05) is 0 Å². The van der Waals surface area contributed by atoms with Gasteiger partial charge in [-0.3, -0.25) is 4.90 Å². The molecule has 1 heterocycles. The van der Waals surface area contributed by atoms with E-state index < -0.39 is 0 Å². The highest BCUT2D eigenvalue weighted by molar-refractivity contribution is 4.98. The molecule has 0 spiro atoms. The molecule has 3 aliphatic rings. The molecule has 1 saturated heterocycles. The Hall–Kier alpha value is -0.120. The summed E-state index contributed by atoms with van der Waals surface area (Å²) in [5.41, 5.74) is 5.86. The van der Waals surface area contributed by atoms with Gasteiger partial charge in [0.05, 0.1) is 6.10 Å². The van der Waals surface area contributed by atoms with Crippen molar-refractivity contribution in [1.29, 1.82) is 0 Å². The van der Waals surface area contributed by atoms with Gasteiger partial charge in [0.1, 0.15) is 0 Å². The monoisotopic (exact) mass is 224 g/mol. The van der Waals surface area contributed by atoms with E-state index in [2.05, 4.69) is 4.90 Å². The Balaban J connectivity index is 1.65. The molecule has 3 fully saturated rings. The number of nitrogens with zero attached hydrogens (tertiary/aromatic N) is 1. The van der Waals surface area contributed by atoms with Crippen molar-refractivity contribution in [3.63, 3.8) is 0 Å². The maximum Gasteiger partial charge on any atom is 0.0583 e. The molecule has 0 aromatic heterocycles. The van der Waals surface area contributed by atoms with Crippen molar-refractivity contribution in [2.24, 2.45) is 23.5 Å². The molecule has 5 unspecified atom stereocenters. The Morgan fingerprint density at radius 1 is 1.12 bits per heavy atom. The van der Waals surface area contributed by atoms with Crippen LogP contribution in [0.15, 0.2) is 0 Å². The topological polar surface area (TPSA) is 49.5 Å². The zero-order valence-corrected chi connectivity index (χ0v) is 10.0. The van der Waals surface area contributed by atoms with Gasteiger partial charge in [-0.05, 0) is 44.1 Å². The van der Waals surface area contributed by atoms with E-state index in [1.54, 1.807) is 0 Å². The van der Waals surface area contributed by atoms with Crippen LogP contribution in [-0.4, -0.2) is 41.8 Å². The van der Waals surface area contributed by atoms with Gasteiger partial charge in [-0.25, -0.2) is 0 Å². The Morgan fingerprint density at radius 3 is 2.75 bits per heavy atom. The highest BCUT2D eigenvalue weighted by Crippen LogP contribution is 2.41. The number of rotatable bonds is 2. The van der Waals surface area contributed by atoms with Crippen molar-refractivity contribution in [3.05, 3.63) is 0 Å².